The zero-order valence-corrected chi connectivity index (χ0v) is 9.99. The van der Waals surface area contributed by atoms with Crippen molar-refractivity contribution in [1.29, 1.82) is 0 Å². The first-order valence-corrected chi connectivity index (χ1v) is 5.82. The molecule has 0 aliphatic carbocycles. The Morgan fingerprint density at radius 3 is 3.00 bits per heavy atom. The third-order valence-corrected chi connectivity index (χ3v) is 2.97. The first kappa shape index (κ1) is 10.9. The van der Waals surface area contributed by atoms with E-state index in [-0.39, 0.29) is 5.78 Å². The molecule has 0 amide bonds. The van der Waals surface area contributed by atoms with Crippen molar-refractivity contribution in [3.8, 4) is 0 Å². The molecule has 2 aromatic rings. The molecule has 0 saturated carbocycles. The van der Waals surface area contributed by atoms with E-state index in [0.717, 1.165) is 29.5 Å². The molecule has 0 atom stereocenters. The molecule has 0 unspecified atom stereocenters. The van der Waals surface area contributed by atoms with Gasteiger partial charge in [0, 0.05) is 12.2 Å². The Kier molecular flexibility index (Phi) is 3.09. The van der Waals surface area contributed by atoms with Crippen molar-refractivity contribution in [1.82, 2.24) is 19.4 Å². The highest BCUT2D eigenvalue weighted by Crippen LogP contribution is 2.10. The van der Waals surface area contributed by atoms with Gasteiger partial charge < -0.3 is 0 Å². The standard InChI is InChI=1S/C10H12N4OS/c1-3-14-8(4-7(2)12-14)5-9(15)10-6-11-13-16-10/h4,6H,3,5H2,1-2H3. The molecular weight excluding hydrogens is 224 g/mol. The lowest BCUT2D eigenvalue weighted by Crippen LogP contribution is -2.08. The number of Topliss-reactive ketones (excluding diaryl/α,β-unsaturated/α-hetero) is 1. The van der Waals surface area contributed by atoms with Gasteiger partial charge >= 0.3 is 0 Å². The normalized spacial score (nSPS) is 10.6. The van der Waals surface area contributed by atoms with Crippen LogP contribution in [0.1, 0.15) is 28.0 Å². The fraction of sp³-hybridized carbons (Fsp3) is 0.400. The van der Waals surface area contributed by atoms with Gasteiger partial charge in [-0.3, -0.25) is 9.48 Å². The Balaban J connectivity index is 2.17. The fourth-order valence-electron chi connectivity index (χ4n) is 1.56. The zero-order chi connectivity index (χ0) is 11.5. The Morgan fingerprint density at radius 2 is 2.38 bits per heavy atom. The lowest BCUT2D eigenvalue weighted by atomic mass is 10.2. The molecule has 2 rings (SSSR count). The molecule has 84 valence electrons. The number of rotatable bonds is 4. The number of hydrogen-bond donors (Lipinski definition) is 0. The second-order valence-corrected chi connectivity index (χ2v) is 4.26. The smallest absolute Gasteiger partial charge is 0.181 e. The summed E-state index contributed by atoms with van der Waals surface area (Å²) in [4.78, 5) is 12.4. The van der Waals surface area contributed by atoms with Crippen molar-refractivity contribution in [3.05, 3.63) is 28.5 Å². The van der Waals surface area contributed by atoms with Crippen LogP contribution < -0.4 is 0 Å². The highest BCUT2D eigenvalue weighted by Gasteiger charge is 2.13. The van der Waals surface area contributed by atoms with Gasteiger partial charge in [-0.2, -0.15) is 5.10 Å². The van der Waals surface area contributed by atoms with E-state index in [2.05, 4.69) is 14.7 Å². The van der Waals surface area contributed by atoms with E-state index in [1.54, 1.807) is 0 Å². The number of hydrogen-bond acceptors (Lipinski definition) is 5. The zero-order valence-electron chi connectivity index (χ0n) is 9.17. The lowest BCUT2D eigenvalue weighted by Gasteiger charge is -2.01. The second-order valence-electron chi connectivity index (χ2n) is 3.47. The predicted octanol–water partition coefficient (Wildman–Crippen LogP) is 1.49. The third kappa shape index (κ3) is 2.16. The van der Waals surface area contributed by atoms with Crippen LogP contribution in [-0.2, 0) is 13.0 Å². The van der Waals surface area contributed by atoms with Crippen LogP contribution in [0.2, 0.25) is 0 Å². The molecule has 0 N–H and O–H groups in total. The van der Waals surface area contributed by atoms with Crippen molar-refractivity contribution in [3.63, 3.8) is 0 Å². The minimum Gasteiger partial charge on any atom is -0.293 e. The molecular formula is C10H12N4OS. The van der Waals surface area contributed by atoms with Gasteiger partial charge in [-0.15, -0.1) is 5.10 Å². The van der Waals surface area contributed by atoms with E-state index < -0.39 is 0 Å². The van der Waals surface area contributed by atoms with Crippen molar-refractivity contribution in [2.75, 3.05) is 0 Å². The van der Waals surface area contributed by atoms with Crippen LogP contribution in [0.25, 0.3) is 0 Å². The highest BCUT2D eigenvalue weighted by molar-refractivity contribution is 7.07. The number of aryl methyl sites for hydroxylation is 2. The molecule has 0 fully saturated rings. The second kappa shape index (κ2) is 4.52. The molecule has 5 nitrogen and oxygen atoms in total. The largest absolute Gasteiger partial charge is 0.293 e. The monoisotopic (exact) mass is 236 g/mol. The van der Waals surface area contributed by atoms with Gasteiger partial charge in [0.1, 0.15) is 4.88 Å². The summed E-state index contributed by atoms with van der Waals surface area (Å²) in [5.41, 5.74) is 1.88. The minimum atomic E-state index is 0.0459. The molecule has 16 heavy (non-hydrogen) atoms. The molecule has 6 heteroatoms. The highest BCUT2D eigenvalue weighted by atomic mass is 32.1. The summed E-state index contributed by atoms with van der Waals surface area (Å²) in [5, 5.41) is 7.96. The van der Waals surface area contributed by atoms with E-state index in [9.17, 15) is 4.79 Å². The van der Waals surface area contributed by atoms with E-state index >= 15 is 0 Å². The first-order chi connectivity index (χ1) is 7.70. The molecule has 0 aliphatic rings. The number of carbonyl (C=O) groups excluding carboxylic acids is 1. The molecule has 0 radical (unpaired) electrons. The maximum absolute atomic E-state index is 11.8. The number of nitrogens with zero attached hydrogens (tertiary/aromatic N) is 4. The van der Waals surface area contributed by atoms with Gasteiger partial charge in [0.15, 0.2) is 5.78 Å². The first-order valence-electron chi connectivity index (χ1n) is 5.04. The average Bonchev–Trinajstić information content (AvgIpc) is 2.87. The summed E-state index contributed by atoms with van der Waals surface area (Å²) in [5.74, 6) is 0.0459. The van der Waals surface area contributed by atoms with E-state index in [1.165, 1.54) is 6.20 Å². The van der Waals surface area contributed by atoms with Gasteiger partial charge in [0.2, 0.25) is 0 Å². The van der Waals surface area contributed by atoms with E-state index in [0.29, 0.717) is 11.3 Å². The quantitative estimate of drug-likeness (QED) is 0.754. The van der Waals surface area contributed by atoms with E-state index in [4.69, 9.17) is 0 Å². The molecule has 0 saturated heterocycles. The molecule has 0 bridgehead atoms. The van der Waals surface area contributed by atoms with Gasteiger partial charge in [-0.1, -0.05) is 4.49 Å². The molecule has 0 aromatic carbocycles. The fourth-order valence-corrected chi connectivity index (χ4v) is 2.01. The lowest BCUT2D eigenvalue weighted by molar-refractivity contribution is 0.0994. The molecule has 0 spiro atoms. The summed E-state index contributed by atoms with van der Waals surface area (Å²) in [6, 6.07) is 1.94. The van der Waals surface area contributed by atoms with Crippen molar-refractivity contribution in [2.45, 2.75) is 26.8 Å². The van der Waals surface area contributed by atoms with Gasteiger partial charge in [0.25, 0.3) is 0 Å². The maximum atomic E-state index is 11.8. The Labute approximate surface area is 97.3 Å². The van der Waals surface area contributed by atoms with E-state index in [1.807, 2.05) is 24.6 Å². The van der Waals surface area contributed by atoms with Crippen LogP contribution in [0.5, 0.6) is 0 Å². The SMILES string of the molecule is CCn1nc(C)cc1CC(=O)c1cnns1. The Bertz CT molecular complexity index is 489. The van der Waals surface area contributed by atoms with Gasteiger partial charge in [-0.25, -0.2) is 0 Å². The number of aromatic nitrogens is 4. The van der Waals surface area contributed by atoms with Crippen molar-refractivity contribution >= 4 is 17.3 Å². The van der Waals surface area contributed by atoms with Crippen LogP contribution in [0, 0.1) is 6.92 Å². The average molecular weight is 236 g/mol. The van der Waals surface area contributed by atoms with Gasteiger partial charge in [-0.05, 0) is 31.4 Å². The van der Waals surface area contributed by atoms with Crippen LogP contribution in [0.3, 0.4) is 0 Å². The summed E-state index contributed by atoms with van der Waals surface area (Å²) in [7, 11) is 0. The number of ketones is 1. The van der Waals surface area contributed by atoms with Crippen LogP contribution in [0.4, 0.5) is 0 Å². The van der Waals surface area contributed by atoms with Crippen molar-refractivity contribution < 1.29 is 4.79 Å². The third-order valence-electron chi connectivity index (χ3n) is 2.26. The maximum Gasteiger partial charge on any atom is 0.181 e. The topological polar surface area (TPSA) is 60.7 Å². The van der Waals surface area contributed by atoms with Crippen LogP contribution in [0.15, 0.2) is 12.3 Å². The van der Waals surface area contributed by atoms with Crippen LogP contribution in [-0.4, -0.2) is 25.2 Å². The van der Waals surface area contributed by atoms with Crippen LogP contribution >= 0.6 is 11.5 Å². The summed E-state index contributed by atoms with van der Waals surface area (Å²) in [6.45, 7) is 4.71. The molecule has 2 heterocycles. The Morgan fingerprint density at radius 1 is 1.56 bits per heavy atom. The van der Waals surface area contributed by atoms with Gasteiger partial charge in [0.05, 0.1) is 18.3 Å². The summed E-state index contributed by atoms with van der Waals surface area (Å²) >= 11 is 1.13. The molecule has 0 aliphatic heterocycles. The number of carbonyl (C=O) groups is 1. The molecule has 2 aromatic heterocycles. The summed E-state index contributed by atoms with van der Waals surface area (Å²) < 4.78 is 5.53. The predicted molar refractivity (Wildman–Crippen MR) is 60.6 cm³/mol. The van der Waals surface area contributed by atoms with Crippen molar-refractivity contribution in [2.24, 2.45) is 0 Å². The minimum absolute atomic E-state index is 0.0459. The summed E-state index contributed by atoms with van der Waals surface area (Å²) in [6.07, 6.45) is 1.87. The Hall–Kier alpha value is -1.56.